The molecule has 10 heterocycles. The van der Waals surface area contributed by atoms with Gasteiger partial charge in [0.2, 0.25) is 0 Å². The summed E-state index contributed by atoms with van der Waals surface area (Å²) in [5, 5.41) is 0. The molecule has 10 atom stereocenters. The summed E-state index contributed by atoms with van der Waals surface area (Å²) in [5.41, 5.74) is 8.12. The van der Waals surface area contributed by atoms with Gasteiger partial charge < -0.3 is 0 Å². The molecule has 1 nitrogen and oxygen atoms in total. The zero-order chi connectivity index (χ0) is 12.8. The molecule has 1 aliphatic carbocycles. The fourth-order valence-electron chi connectivity index (χ4n) is 20.4. The van der Waals surface area contributed by atoms with Gasteiger partial charge in [0.1, 0.15) is 0 Å². The molecule has 0 aromatic heterocycles. The van der Waals surface area contributed by atoms with Crippen LogP contribution in [0.25, 0.3) is 0 Å². The molecular formula is C18H25FeN. The second kappa shape index (κ2) is 0.745. The van der Waals surface area contributed by atoms with Crippen LogP contribution in [-0.2, 0) is 6.51 Å². The Morgan fingerprint density at radius 3 is 1.90 bits per heavy atom. The summed E-state index contributed by atoms with van der Waals surface area (Å²) in [7, 11) is 0. The average Bonchev–Trinajstić information content (AvgIpc) is 3.35. The van der Waals surface area contributed by atoms with E-state index >= 15 is 0 Å². The Morgan fingerprint density at radius 2 is 1.55 bits per heavy atom. The van der Waals surface area contributed by atoms with Gasteiger partial charge in [-0.1, -0.05) is 0 Å². The molecule has 11 aliphatic rings. The number of hydrogen-bond donors (Lipinski definition) is 1. The predicted molar refractivity (Wildman–Crippen MR) is 75.4 cm³/mol. The first-order chi connectivity index (χ1) is 9.31. The summed E-state index contributed by atoms with van der Waals surface area (Å²) in [4.78, 5) is 10.8. The molecule has 0 aromatic rings. The van der Waals surface area contributed by atoms with Gasteiger partial charge in [-0.15, -0.1) is 0 Å². The Hall–Kier alpha value is 0.479. The van der Waals surface area contributed by atoms with Crippen LogP contribution >= 0.6 is 0 Å². The second-order valence-electron chi connectivity index (χ2n) is 13.4. The molecule has 0 amide bonds. The van der Waals surface area contributed by atoms with Crippen molar-refractivity contribution >= 4 is 0 Å². The van der Waals surface area contributed by atoms with E-state index in [1.807, 2.05) is 0 Å². The summed E-state index contributed by atoms with van der Waals surface area (Å²) in [6.07, 6.45) is 6.21. The third-order valence-corrected chi connectivity index (χ3v) is 61.5. The fraction of sp³-hybridized carbons (Fsp3) is 1.00. The van der Waals surface area contributed by atoms with Crippen molar-refractivity contribution < 1.29 is 6.51 Å². The standard InChI is InChI=1S/C13H19.C5H6N.Fe/c1-11-7-5-6-10-13(11,2)12-8-3-4-9-12;6-5-3-1-2-4-5;/h3-4,8-9,11H,5-7,10H2,1-2H3;1-4H,6H2;. The van der Waals surface area contributed by atoms with Crippen molar-refractivity contribution in [3.8, 4) is 0 Å². The fourth-order valence-corrected chi connectivity index (χ4v) is 97.2. The second-order valence-corrected chi connectivity index (χ2v) is 36.6. The van der Waals surface area contributed by atoms with E-state index in [1.54, 1.807) is 19.3 Å². The van der Waals surface area contributed by atoms with Crippen LogP contribution in [0.2, 0.25) is 42.8 Å². The van der Waals surface area contributed by atoms with Gasteiger partial charge in [-0.3, -0.25) is 0 Å². The summed E-state index contributed by atoms with van der Waals surface area (Å²) < 4.78 is 1.63. The molecule has 1 saturated carbocycles. The molecule has 0 bridgehead atoms. The molecule has 2 N–H and O–H groups in total. The zero-order valence-electron chi connectivity index (χ0n) is 12.5. The number of nitrogens with two attached hydrogens (primary N) is 1. The van der Waals surface area contributed by atoms with Crippen LogP contribution in [0.5, 0.6) is 0 Å². The Bertz CT molecular complexity index is 1110. The molecule has 110 valence electrons. The number of rotatable bonds is 1. The molecule has 0 aromatic carbocycles. The van der Waals surface area contributed by atoms with Gasteiger partial charge in [-0.25, -0.2) is 0 Å². The Balaban J connectivity index is 1.46. The van der Waals surface area contributed by atoms with Crippen molar-refractivity contribution in [3.05, 3.63) is 0 Å². The van der Waals surface area contributed by atoms with Gasteiger partial charge in [0.15, 0.2) is 0 Å². The molecule has 0 radical (unpaired) electrons. The Labute approximate surface area is 110 Å². The van der Waals surface area contributed by atoms with Gasteiger partial charge in [0.25, 0.3) is 0 Å². The molecule has 10 unspecified atom stereocenters. The molecule has 20 heavy (non-hydrogen) atoms. The van der Waals surface area contributed by atoms with Crippen molar-refractivity contribution in [3.63, 3.8) is 0 Å². The van der Waals surface area contributed by atoms with Crippen molar-refractivity contribution in [2.45, 2.75) is 86.8 Å². The molecule has 10 aliphatic heterocycles. The van der Waals surface area contributed by atoms with Crippen molar-refractivity contribution in [1.29, 1.82) is 0 Å². The average molecular weight is 311 g/mol. The van der Waals surface area contributed by atoms with Crippen LogP contribution in [0.4, 0.5) is 0 Å². The van der Waals surface area contributed by atoms with Crippen molar-refractivity contribution in [1.82, 2.24) is 0 Å². The quantitative estimate of drug-likeness (QED) is 0.690. The van der Waals surface area contributed by atoms with Gasteiger partial charge in [0.05, 0.1) is 0 Å². The van der Waals surface area contributed by atoms with E-state index in [0.29, 0.717) is 4.44 Å². The number of fused-ring (bicyclic) bond motifs is 10. The first-order valence-corrected chi connectivity index (χ1v) is 15.5. The molecule has 11 fully saturated rings. The molecule has 2 heteroatoms. The van der Waals surface area contributed by atoms with E-state index in [-0.39, 0.29) is 0 Å². The normalized spacial score (nSPS) is 123. The summed E-state index contributed by atoms with van der Waals surface area (Å²) in [5.74, 6) is 1.03. The van der Waals surface area contributed by atoms with Crippen LogP contribution in [0, 0.1) is 11.3 Å². The van der Waals surface area contributed by atoms with Gasteiger partial charge in [-0.05, 0) is 0 Å². The van der Waals surface area contributed by atoms with E-state index < -0.39 is 6.51 Å². The molecule has 10 saturated heterocycles. The molecule has 11 rings (SSSR count). The van der Waals surface area contributed by atoms with Crippen LogP contribution in [0.3, 0.4) is 0 Å². The maximum atomic E-state index is 7.35. The van der Waals surface area contributed by atoms with E-state index in [0.717, 1.165) is 15.6 Å². The van der Waals surface area contributed by atoms with Crippen molar-refractivity contribution in [2.24, 2.45) is 17.1 Å². The predicted octanol–water partition coefficient (Wildman–Crippen LogP) is 4.83. The van der Waals surface area contributed by atoms with Gasteiger partial charge in [-0.2, -0.15) is 0 Å². The third kappa shape index (κ3) is 0.0907. The van der Waals surface area contributed by atoms with Crippen LogP contribution in [0.15, 0.2) is 0 Å². The van der Waals surface area contributed by atoms with E-state index in [9.17, 15) is 0 Å². The Kier molecular flexibility index (Phi) is 0.312. The SMILES string of the molecule is CC1CCCCC1(C)[C]12[CH]3[CH]4[CH]5[CH]1[Fe]45321678[CH]2[CH]1[CH]6[C]7(N)[CH]28. The van der Waals surface area contributed by atoms with Crippen LogP contribution < -0.4 is 5.73 Å². The molecular weight excluding hydrogens is 286 g/mol. The van der Waals surface area contributed by atoms with E-state index in [2.05, 4.69) is 13.8 Å². The minimum atomic E-state index is -3.20. The van der Waals surface area contributed by atoms with Gasteiger partial charge in [0, 0.05) is 0 Å². The topological polar surface area (TPSA) is 26.0 Å². The first kappa shape index (κ1) is 8.36. The molecule has 1 spiro atoms. The summed E-state index contributed by atoms with van der Waals surface area (Å²) >= 11 is 0. The first-order valence-electron chi connectivity index (χ1n) is 9.31. The third-order valence-electron chi connectivity index (χ3n) is 18.5. The van der Waals surface area contributed by atoms with E-state index in [4.69, 9.17) is 5.73 Å². The van der Waals surface area contributed by atoms with Crippen molar-refractivity contribution in [2.75, 3.05) is 0 Å². The Morgan fingerprint density at radius 1 is 0.950 bits per heavy atom. The van der Waals surface area contributed by atoms with Crippen LogP contribution in [-0.4, -0.2) is 4.44 Å². The summed E-state index contributed by atoms with van der Waals surface area (Å²) in [6, 6.07) is 0. The van der Waals surface area contributed by atoms with Gasteiger partial charge >= 0.3 is 110 Å². The number of hydrogen-bond acceptors (Lipinski definition) is 1. The minimum absolute atomic E-state index is 0.620. The van der Waals surface area contributed by atoms with E-state index in [1.165, 1.54) is 45.0 Å². The monoisotopic (exact) mass is 311 g/mol. The van der Waals surface area contributed by atoms with Crippen LogP contribution in [0.1, 0.15) is 39.5 Å². The maximum absolute atomic E-state index is 7.35. The zero-order valence-corrected chi connectivity index (χ0v) is 13.6. The summed E-state index contributed by atoms with van der Waals surface area (Å²) in [6.45, 7) is 2.25.